The first-order chi connectivity index (χ1) is 14.6. The van der Waals surface area contributed by atoms with Gasteiger partial charge in [-0.3, -0.25) is 9.59 Å². The molecule has 0 fully saturated rings. The quantitative estimate of drug-likeness (QED) is 0.648. The van der Waals surface area contributed by atoms with Gasteiger partial charge in [0.05, 0.1) is 13.7 Å². The number of carbonyl (C=O) groups is 2. The van der Waals surface area contributed by atoms with Crippen LogP contribution in [0.2, 0.25) is 0 Å². The van der Waals surface area contributed by atoms with Crippen LogP contribution in [0.25, 0.3) is 11.1 Å². The summed E-state index contributed by atoms with van der Waals surface area (Å²) in [5.74, 6) is -1.28. The molecule has 0 aromatic heterocycles. The lowest BCUT2D eigenvalue weighted by Crippen LogP contribution is -2.60. The summed E-state index contributed by atoms with van der Waals surface area (Å²) < 4.78 is 4.89. The predicted molar refractivity (Wildman–Crippen MR) is 113 cm³/mol. The first-order valence-corrected chi connectivity index (χ1v) is 9.94. The Morgan fingerprint density at radius 3 is 2.07 bits per heavy atom. The second kappa shape index (κ2) is 9.19. The Labute approximate surface area is 176 Å². The minimum Gasteiger partial charge on any atom is -0.452 e. The van der Waals surface area contributed by atoms with E-state index in [1.165, 1.54) is 7.11 Å². The third kappa shape index (κ3) is 3.51. The van der Waals surface area contributed by atoms with Crippen molar-refractivity contribution in [3.8, 4) is 11.1 Å². The molecule has 0 saturated carbocycles. The summed E-state index contributed by atoms with van der Waals surface area (Å²) in [6, 6.07) is 15.4. The SMILES string of the molecule is COC(=O)N(C(=O)CN)[C@]([C]=O)(CCCCN)C1c2ccccc2-c2ccccc21. The zero-order chi connectivity index (χ0) is 21.7. The minimum absolute atomic E-state index is 0.196. The molecule has 30 heavy (non-hydrogen) atoms. The Balaban J connectivity index is 2.28. The first kappa shape index (κ1) is 21.7. The van der Waals surface area contributed by atoms with Gasteiger partial charge in [0.2, 0.25) is 12.2 Å². The van der Waals surface area contributed by atoms with Crippen molar-refractivity contribution in [3.05, 3.63) is 59.7 Å². The molecule has 0 aliphatic heterocycles. The van der Waals surface area contributed by atoms with Gasteiger partial charge < -0.3 is 16.2 Å². The van der Waals surface area contributed by atoms with Crippen LogP contribution < -0.4 is 11.5 Å². The highest BCUT2D eigenvalue weighted by Crippen LogP contribution is 2.52. The monoisotopic (exact) mass is 408 g/mol. The Hall–Kier alpha value is -3.03. The second-order valence-electron chi connectivity index (χ2n) is 7.28. The van der Waals surface area contributed by atoms with Crippen molar-refractivity contribution in [1.29, 1.82) is 0 Å². The summed E-state index contributed by atoms with van der Waals surface area (Å²) in [5.41, 5.74) is 13.3. The van der Waals surface area contributed by atoms with Gasteiger partial charge in [0.15, 0.2) is 0 Å². The molecule has 1 aliphatic rings. The van der Waals surface area contributed by atoms with Crippen molar-refractivity contribution in [2.75, 3.05) is 20.2 Å². The fourth-order valence-electron chi connectivity index (χ4n) is 4.42. The standard InChI is InChI=1S/C23H26N3O4/c1-30-22(29)26(20(28)14-25)23(15-27,12-6-7-13-24)21-18-10-4-2-8-16(18)17-9-3-5-11-19(17)21/h2-5,8-11,21H,6-7,12-14,24-25H2,1H3/t23-/m0/s1. The van der Waals surface area contributed by atoms with E-state index in [1.54, 1.807) is 0 Å². The van der Waals surface area contributed by atoms with Crippen molar-refractivity contribution in [2.45, 2.75) is 30.7 Å². The van der Waals surface area contributed by atoms with Crippen molar-refractivity contribution in [1.82, 2.24) is 4.90 Å². The maximum atomic E-state index is 12.8. The largest absolute Gasteiger partial charge is 0.452 e. The summed E-state index contributed by atoms with van der Waals surface area (Å²) in [6.07, 6.45) is 2.51. The van der Waals surface area contributed by atoms with Crippen molar-refractivity contribution in [3.63, 3.8) is 0 Å². The van der Waals surface area contributed by atoms with E-state index in [1.807, 2.05) is 48.5 Å². The van der Waals surface area contributed by atoms with Crippen LogP contribution >= 0.6 is 0 Å². The number of benzene rings is 2. The van der Waals surface area contributed by atoms with Gasteiger partial charge in [-0.05, 0) is 48.1 Å². The number of imide groups is 1. The highest BCUT2D eigenvalue weighted by atomic mass is 16.5. The molecule has 0 saturated heterocycles. The van der Waals surface area contributed by atoms with E-state index >= 15 is 0 Å². The number of nitrogens with two attached hydrogens (primary N) is 2. The highest BCUT2D eigenvalue weighted by Gasteiger charge is 2.54. The molecular formula is C23H26N3O4. The Morgan fingerprint density at radius 1 is 1.03 bits per heavy atom. The summed E-state index contributed by atoms with van der Waals surface area (Å²) >= 11 is 0. The molecule has 0 bridgehead atoms. The molecule has 7 nitrogen and oxygen atoms in total. The van der Waals surface area contributed by atoms with Gasteiger partial charge in [-0.15, -0.1) is 0 Å². The zero-order valence-electron chi connectivity index (χ0n) is 17.0. The number of hydrogen-bond acceptors (Lipinski definition) is 6. The van der Waals surface area contributed by atoms with E-state index in [0.717, 1.165) is 27.2 Å². The van der Waals surface area contributed by atoms with Crippen molar-refractivity contribution < 1.29 is 19.1 Å². The van der Waals surface area contributed by atoms with Crippen LogP contribution in [-0.4, -0.2) is 48.9 Å². The average Bonchev–Trinajstić information content (AvgIpc) is 3.13. The second-order valence-corrected chi connectivity index (χ2v) is 7.28. The highest BCUT2D eigenvalue weighted by molar-refractivity contribution is 5.99. The number of ether oxygens (including phenoxy) is 1. The molecule has 2 aromatic rings. The normalized spacial score (nSPS) is 14.4. The summed E-state index contributed by atoms with van der Waals surface area (Å²) in [5, 5.41) is 0. The molecule has 1 aliphatic carbocycles. The van der Waals surface area contributed by atoms with Crippen LogP contribution in [0, 0.1) is 0 Å². The molecule has 2 amide bonds. The average molecular weight is 408 g/mol. The van der Waals surface area contributed by atoms with Gasteiger partial charge in [0.1, 0.15) is 5.54 Å². The van der Waals surface area contributed by atoms with E-state index in [0.29, 0.717) is 19.4 Å². The van der Waals surface area contributed by atoms with Crippen LogP contribution in [0.5, 0.6) is 0 Å². The van der Waals surface area contributed by atoms with Crippen molar-refractivity contribution >= 4 is 18.3 Å². The number of fused-ring (bicyclic) bond motifs is 3. The van der Waals surface area contributed by atoms with E-state index in [2.05, 4.69) is 6.29 Å². The molecule has 1 radical (unpaired) electrons. The topological polar surface area (TPSA) is 116 Å². The molecule has 157 valence electrons. The van der Waals surface area contributed by atoms with E-state index in [9.17, 15) is 14.4 Å². The molecular weight excluding hydrogens is 382 g/mol. The third-order valence-electron chi connectivity index (χ3n) is 5.68. The zero-order valence-corrected chi connectivity index (χ0v) is 17.0. The fourth-order valence-corrected chi connectivity index (χ4v) is 4.42. The number of amides is 2. The lowest BCUT2D eigenvalue weighted by Gasteiger charge is -2.42. The molecule has 7 heteroatoms. The lowest BCUT2D eigenvalue weighted by atomic mass is 9.74. The maximum Gasteiger partial charge on any atom is 0.417 e. The smallest absolute Gasteiger partial charge is 0.417 e. The van der Waals surface area contributed by atoms with Crippen LogP contribution in [-0.2, 0) is 14.3 Å². The predicted octanol–water partition coefficient (Wildman–Crippen LogP) is 2.33. The summed E-state index contributed by atoms with van der Waals surface area (Å²) in [4.78, 5) is 39.2. The Bertz CT molecular complexity index is 884. The summed E-state index contributed by atoms with van der Waals surface area (Å²) in [7, 11) is 1.17. The number of nitrogens with zero attached hydrogens (tertiary/aromatic N) is 1. The Kier molecular flexibility index (Phi) is 6.64. The first-order valence-electron chi connectivity index (χ1n) is 9.94. The summed E-state index contributed by atoms with van der Waals surface area (Å²) in [6.45, 7) is -0.0126. The molecule has 4 N–H and O–H groups in total. The van der Waals surface area contributed by atoms with Crippen LogP contribution in [0.15, 0.2) is 48.5 Å². The van der Waals surface area contributed by atoms with Gasteiger partial charge in [0.25, 0.3) is 0 Å². The van der Waals surface area contributed by atoms with Crippen LogP contribution in [0.4, 0.5) is 4.79 Å². The van der Waals surface area contributed by atoms with Crippen LogP contribution in [0.1, 0.15) is 36.3 Å². The number of carbonyl (C=O) groups excluding carboxylic acids is 3. The molecule has 2 aromatic carbocycles. The van der Waals surface area contributed by atoms with Gasteiger partial charge in [-0.25, -0.2) is 9.69 Å². The van der Waals surface area contributed by atoms with Crippen LogP contribution in [0.3, 0.4) is 0 Å². The number of rotatable bonds is 8. The fraction of sp³-hybridized carbons (Fsp3) is 0.348. The van der Waals surface area contributed by atoms with Crippen molar-refractivity contribution in [2.24, 2.45) is 11.5 Å². The lowest BCUT2D eigenvalue weighted by molar-refractivity contribution is -0.132. The molecule has 3 rings (SSSR count). The Morgan fingerprint density at radius 2 is 1.60 bits per heavy atom. The van der Waals surface area contributed by atoms with E-state index in [4.69, 9.17) is 16.2 Å². The van der Waals surface area contributed by atoms with Gasteiger partial charge in [-0.1, -0.05) is 48.5 Å². The van der Waals surface area contributed by atoms with E-state index in [-0.39, 0.29) is 6.42 Å². The van der Waals surface area contributed by atoms with Gasteiger partial charge in [-0.2, -0.15) is 0 Å². The minimum atomic E-state index is -1.61. The van der Waals surface area contributed by atoms with Gasteiger partial charge in [0, 0.05) is 5.92 Å². The molecule has 0 unspecified atom stereocenters. The maximum absolute atomic E-state index is 12.8. The number of methoxy groups -OCH3 is 1. The molecule has 1 atom stereocenters. The molecule has 0 heterocycles. The molecule has 0 spiro atoms. The van der Waals surface area contributed by atoms with E-state index < -0.39 is 30.0 Å². The number of hydrogen-bond donors (Lipinski definition) is 2. The van der Waals surface area contributed by atoms with Gasteiger partial charge >= 0.3 is 6.09 Å². The third-order valence-corrected chi connectivity index (χ3v) is 5.68. The number of unbranched alkanes of at least 4 members (excludes halogenated alkanes) is 1.